The van der Waals surface area contributed by atoms with Crippen molar-refractivity contribution in [3.63, 3.8) is 0 Å². The summed E-state index contributed by atoms with van der Waals surface area (Å²) in [5.41, 5.74) is 12.3. The van der Waals surface area contributed by atoms with Crippen LogP contribution in [0.15, 0.2) is 140 Å². The van der Waals surface area contributed by atoms with E-state index in [1.165, 1.54) is 44.2 Å². The Labute approximate surface area is 262 Å². The van der Waals surface area contributed by atoms with Crippen LogP contribution in [0, 0.1) is 20.8 Å². The van der Waals surface area contributed by atoms with E-state index in [2.05, 4.69) is 173 Å². The average molecular weight is 581 g/mol. The van der Waals surface area contributed by atoms with Crippen molar-refractivity contribution in [1.29, 1.82) is 0 Å². The third kappa shape index (κ3) is 4.37. The van der Waals surface area contributed by atoms with Crippen LogP contribution in [0.5, 0.6) is 0 Å². The molecule has 0 spiro atoms. The second kappa shape index (κ2) is 10.8. The van der Waals surface area contributed by atoms with Gasteiger partial charge in [-0.3, -0.25) is 0 Å². The molecule has 8 rings (SSSR count). The number of hydrogen-bond acceptors (Lipinski definition) is 3. The Hall–Kier alpha value is -5.74. The molecular formula is C41H32N4. The lowest BCUT2D eigenvalue weighted by Gasteiger charge is -2.25. The van der Waals surface area contributed by atoms with Gasteiger partial charge in [-0.2, -0.15) is 10.2 Å². The highest BCUT2D eigenvalue weighted by atomic mass is 15.1. The minimum absolute atomic E-state index is 0.937. The standard InChI is InChI=1S/C41H32N4/c1-27-14-12-22-36(35-21-13-20-33-28(2)42-43-29(3)40(33)35)41(27)45-38-23-11-10-19-34(38)37-26-32(24-25-39(37)45)44(30-15-6-4-7-16-30)31-17-8-5-9-18-31/h4-26H,1-3H3. The molecule has 4 heteroatoms. The smallest absolute Gasteiger partial charge is 0.0684 e. The molecule has 0 radical (unpaired) electrons. The van der Waals surface area contributed by atoms with E-state index < -0.39 is 0 Å². The molecular weight excluding hydrogens is 548 g/mol. The molecule has 0 amide bonds. The van der Waals surface area contributed by atoms with E-state index in [4.69, 9.17) is 0 Å². The Bertz CT molecular complexity index is 2310. The minimum atomic E-state index is 0.937. The van der Waals surface area contributed by atoms with Gasteiger partial charge in [0.2, 0.25) is 0 Å². The van der Waals surface area contributed by atoms with Gasteiger partial charge in [-0.25, -0.2) is 0 Å². The van der Waals surface area contributed by atoms with Crippen LogP contribution in [0.2, 0.25) is 0 Å². The normalized spacial score (nSPS) is 11.4. The first kappa shape index (κ1) is 26.9. The van der Waals surface area contributed by atoms with Crippen molar-refractivity contribution in [3.8, 4) is 16.8 Å². The summed E-state index contributed by atoms with van der Waals surface area (Å²) < 4.78 is 2.45. The zero-order valence-electron chi connectivity index (χ0n) is 25.6. The van der Waals surface area contributed by atoms with E-state index in [9.17, 15) is 0 Å². The summed E-state index contributed by atoms with van der Waals surface area (Å²) in [7, 11) is 0. The van der Waals surface area contributed by atoms with Gasteiger partial charge in [0.15, 0.2) is 0 Å². The van der Waals surface area contributed by atoms with E-state index in [0.717, 1.165) is 39.2 Å². The molecule has 0 aliphatic heterocycles. The first-order valence-electron chi connectivity index (χ1n) is 15.4. The molecule has 0 aliphatic rings. The Morgan fingerprint density at radius 2 is 1.07 bits per heavy atom. The van der Waals surface area contributed by atoms with Gasteiger partial charge in [-0.05, 0) is 80.4 Å². The van der Waals surface area contributed by atoms with Crippen molar-refractivity contribution < 1.29 is 0 Å². The Morgan fingerprint density at radius 1 is 0.467 bits per heavy atom. The van der Waals surface area contributed by atoms with Crippen LogP contribution >= 0.6 is 0 Å². The molecule has 0 fully saturated rings. The second-order valence-electron chi connectivity index (χ2n) is 11.6. The van der Waals surface area contributed by atoms with Crippen LogP contribution in [0.4, 0.5) is 17.1 Å². The lowest BCUT2D eigenvalue weighted by Crippen LogP contribution is -2.09. The van der Waals surface area contributed by atoms with Gasteiger partial charge in [0.25, 0.3) is 0 Å². The van der Waals surface area contributed by atoms with Crippen molar-refractivity contribution >= 4 is 49.6 Å². The van der Waals surface area contributed by atoms with Crippen LogP contribution in [0.25, 0.3) is 49.4 Å². The van der Waals surface area contributed by atoms with Gasteiger partial charge in [0.1, 0.15) is 0 Å². The van der Waals surface area contributed by atoms with E-state index in [-0.39, 0.29) is 0 Å². The van der Waals surface area contributed by atoms with Gasteiger partial charge in [-0.1, -0.05) is 91.0 Å². The number of aryl methyl sites for hydroxylation is 3. The Kier molecular flexibility index (Phi) is 6.42. The third-order valence-electron chi connectivity index (χ3n) is 8.86. The third-order valence-corrected chi connectivity index (χ3v) is 8.86. The van der Waals surface area contributed by atoms with E-state index >= 15 is 0 Å². The highest BCUT2D eigenvalue weighted by molar-refractivity contribution is 6.12. The second-order valence-corrected chi connectivity index (χ2v) is 11.6. The number of nitrogens with zero attached hydrogens (tertiary/aromatic N) is 4. The predicted molar refractivity (Wildman–Crippen MR) is 188 cm³/mol. The summed E-state index contributed by atoms with van der Waals surface area (Å²) in [5.74, 6) is 0. The van der Waals surface area contributed by atoms with Crippen molar-refractivity contribution in [1.82, 2.24) is 14.8 Å². The van der Waals surface area contributed by atoms with Crippen molar-refractivity contribution in [2.45, 2.75) is 20.8 Å². The summed E-state index contributed by atoms with van der Waals surface area (Å²) in [5, 5.41) is 13.7. The van der Waals surface area contributed by atoms with Crippen LogP contribution in [0.1, 0.15) is 17.0 Å². The number of benzene rings is 6. The zero-order valence-corrected chi connectivity index (χ0v) is 25.6. The zero-order chi connectivity index (χ0) is 30.5. The topological polar surface area (TPSA) is 34.0 Å². The first-order valence-corrected chi connectivity index (χ1v) is 15.4. The predicted octanol–water partition coefficient (Wildman–Crippen LogP) is 10.8. The minimum Gasteiger partial charge on any atom is -0.310 e. The number of hydrogen-bond donors (Lipinski definition) is 0. The number of fused-ring (bicyclic) bond motifs is 4. The fourth-order valence-corrected chi connectivity index (χ4v) is 6.84. The van der Waals surface area contributed by atoms with E-state index in [1.54, 1.807) is 0 Å². The van der Waals surface area contributed by atoms with Gasteiger partial charge >= 0.3 is 0 Å². The SMILES string of the molecule is Cc1cccc(-c2cccc3c(C)nnc(C)c23)c1-n1c2ccccc2c2cc(N(c3ccccc3)c3ccccc3)ccc21. The number of para-hydroxylation sites is 4. The van der Waals surface area contributed by atoms with Crippen molar-refractivity contribution in [2.75, 3.05) is 4.90 Å². The van der Waals surface area contributed by atoms with Gasteiger partial charge in [0.05, 0.1) is 28.1 Å². The molecule has 2 aromatic heterocycles. The molecule has 45 heavy (non-hydrogen) atoms. The molecule has 4 nitrogen and oxygen atoms in total. The summed E-state index contributed by atoms with van der Waals surface area (Å²) in [6, 6.07) is 49.9. The van der Waals surface area contributed by atoms with Crippen molar-refractivity contribution in [2.24, 2.45) is 0 Å². The van der Waals surface area contributed by atoms with E-state index in [0.29, 0.717) is 0 Å². The molecule has 0 unspecified atom stereocenters. The van der Waals surface area contributed by atoms with Crippen LogP contribution < -0.4 is 4.90 Å². The summed E-state index contributed by atoms with van der Waals surface area (Å²) >= 11 is 0. The summed E-state index contributed by atoms with van der Waals surface area (Å²) in [6.45, 7) is 6.30. The maximum atomic E-state index is 4.52. The lowest BCUT2D eigenvalue weighted by atomic mass is 9.94. The molecule has 8 aromatic rings. The van der Waals surface area contributed by atoms with E-state index in [1.807, 2.05) is 6.92 Å². The summed E-state index contributed by atoms with van der Waals surface area (Å²) in [4.78, 5) is 2.33. The molecule has 0 bridgehead atoms. The quantitative estimate of drug-likeness (QED) is 0.203. The van der Waals surface area contributed by atoms with Crippen LogP contribution in [-0.4, -0.2) is 14.8 Å². The molecule has 216 valence electrons. The average Bonchev–Trinajstić information content (AvgIpc) is 3.40. The maximum Gasteiger partial charge on any atom is 0.0684 e. The van der Waals surface area contributed by atoms with Crippen molar-refractivity contribution in [3.05, 3.63) is 156 Å². The molecule has 0 N–H and O–H groups in total. The van der Waals surface area contributed by atoms with Crippen LogP contribution in [0.3, 0.4) is 0 Å². The van der Waals surface area contributed by atoms with Crippen LogP contribution in [-0.2, 0) is 0 Å². The molecule has 0 saturated carbocycles. The fraction of sp³-hybridized carbons (Fsp3) is 0.0732. The molecule has 0 saturated heterocycles. The highest BCUT2D eigenvalue weighted by Crippen LogP contribution is 2.43. The first-order chi connectivity index (χ1) is 22.1. The molecule has 2 heterocycles. The molecule has 6 aromatic carbocycles. The number of anilines is 3. The maximum absolute atomic E-state index is 4.52. The molecule has 0 atom stereocenters. The fourth-order valence-electron chi connectivity index (χ4n) is 6.84. The number of aromatic nitrogens is 3. The van der Waals surface area contributed by atoms with Gasteiger partial charge in [0, 0.05) is 44.2 Å². The summed E-state index contributed by atoms with van der Waals surface area (Å²) in [6.07, 6.45) is 0. The largest absolute Gasteiger partial charge is 0.310 e. The molecule has 0 aliphatic carbocycles. The highest BCUT2D eigenvalue weighted by Gasteiger charge is 2.21. The lowest BCUT2D eigenvalue weighted by molar-refractivity contribution is 0.964. The monoisotopic (exact) mass is 580 g/mol. The Morgan fingerprint density at radius 3 is 1.82 bits per heavy atom. The Balaban J connectivity index is 1.41. The number of rotatable bonds is 5. The van der Waals surface area contributed by atoms with Gasteiger partial charge < -0.3 is 9.47 Å². The van der Waals surface area contributed by atoms with Gasteiger partial charge in [-0.15, -0.1) is 0 Å².